The Hall–Kier alpha value is -1.77. The molecule has 1 aromatic carbocycles. The lowest BCUT2D eigenvalue weighted by Gasteiger charge is -2.15. The summed E-state index contributed by atoms with van der Waals surface area (Å²) in [6, 6.07) is 4.65. The third-order valence-corrected chi connectivity index (χ3v) is 2.11. The van der Waals surface area contributed by atoms with Gasteiger partial charge in [0, 0.05) is 6.07 Å². The molecule has 0 saturated heterocycles. The first-order valence-electron chi connectivity index (χ1n) is 4.70. The van der Waals surface area contributed by atoms with Gasteiger partial charge in [-0.15, -0.1) is 0 Å². The van der Waals surface area contributed by atoms with Crippen LogP contribution in [0.5, 0.6) is 5.75 Å². The first kappa shape index (κ1) is 13.3. The van der Waals surface area contributed by atoms with E-state index in [9.17, 15) is 17.6 Å². The summed E-state index contributed by atoms with van der Waals surface area (Å²) in [5.41, 5.74) is 0.505. The zero-order chi connectivity index (χ0) is 13.1. The molecule has 0 spiro atoms. The van der Waals surface area contributed by atoms with Gasteiger partial charge in [-0.3, -0.25) is 0 Å². The average molecular weight is 247 g/mol. The van der Waals surface area contributed by atoms with Crippen molar-refractivity contribution in [1.82, 2.24) is 0 Å². The van der Waals surface area contributed by atoms with Gasteiger partial charge in [0.2, 0.25) is 0 Å². The molecule has 0 bridgehead atoms. The summed E-state index contributed by atoms with van der Waals surface area (Å²) in [7, 11) is 0. The molecular formula is C11H9F4NO. The van der Waals surface area contributed by atoms with Crippen LogP contribution in [0.1, 0.15) is 5.56 Å². The monoisotopic (exact) mass is 247 g/mol. The molecule has 0 N–H and O–H groups in total. The summed E-state index contributed by atoms with van der Waals surface area (Å²) < 4.78 is 54.3. The van der Waals surface area contributed by atoms with Crippen LogP contribution in [0.2, 0.25) is 0 Å². The Kier molecular flexibility index (Phi) is 3.94. The van der Waals surface area contributed by atoms with Crippen molar-refractivity contribution in [2.45, 2.75) is 13.1 Å². The maximum absolute atomic E-state index is 12.8. The van der Waals surface area contributed by atoms with Gasteiger partial charge in [-0.25, -0.2) is 4.39 Å². The van der Waals surface area contributed by atoms with Crippen molar-refractivity contribution in [3.63, 3.8) is 0 Å². The number of benzene rings is 1. The van der Waals surface area contributed by atoms with E-state index < -0.39 is 24.5 Å². The Morgan fingerprint density at radius 3 is 2.59 bits per heavy atom. The van der Waals surface area contributed by atoms with Crippen molar-refractivity contribution in [3.05, 3.63) is 29.6 Å². The van der Waals surface area contributed by atoms with Crippen molar-refractivity contribution in [1.29, 1.82) is 5.26 Å². The van der Waals surface area contributed by atoms with Gasteiger partial charge < -0.3 is 4.74 Å². The normalized spacial score (nSPS) is 12.9. The number of ether oxygens (including phenoxy) is 1. The molecule has 0 aromatic heterocycles. The van der Waals surface area contributed by atoms with Gasteiger partial charge in [0.25, 0.3) is 0 Å². The van der Waals surface area contributed by atoms with Crippen LogP contribution >= 0.6 is 0 Å². The fourth-order valence-corrected chi connectivity index (χ4v) is 1.11. The van der Waals surface area contributed by atoms with E-state index in [4.69, 9.17) is 10.00 Å². The van der Waals surface area contributed by atoms with Crippen LogP contribution in [-0.2, 0) is 0 Å². The van der Waals surface area contributed by atoms with E-state index in [0.717, 1.165) is 12.1 Å². The highest BCUT2D eigenvalue weighted by Crippen LogP contribution is 2.27. The zero-order valence-electron chi connectivity index (χ0n) is 8.88. The maximum atomic E-state index is 12.8. The van der Waals surface area contributed by atoms with E-state index in [1.54, 1.807) is 6.92 Å². The number of nitrogens with zero attached hydrogens (tertiary/aromatic N) is 1. The number of nitriles is 1. The highest BCUT2D eigenvalue weighted by atomic mass is 19.4. The summed E-state index contributed by atoms with van der Waals surface area (Å²) >= 11 is 0. The van der Waals surface area contributed by atoms with Crippen molar-refractivity contribution >= 4 is 0 Å². The predicted molar refractivity (Wildman–Crippen MR) is 51.8 cm³/mol. The molecule has 92 valence electrons. The van der Waals surface area contributed by atoms with E-state index in [0.29, 0.717) is 5.56 Å². The number of alkyl halides is 3. The number of aryl methyl sites for hydroxylation is 1. The molecule has 0 aliphatic rings. The average Bonchev–Trinajstić information content (AvgIpc) is 2.22. The van der Waals surface area contributed by atoms with Crippen LogP contribution in [0.4, 0.5) is 17.6 Å². The molecule has 2 nitrogen and oxygen atoms in total. The molecule has 0 fully saturated rings. The van der Waals surface area contributed by atoms with Crippen molar-refractivity contribution < 1.29 is 22.3 Å². The first-order chi connectivity index (χ1) is 7.84. The van der Waals surface area contributed by atoms with Crippen molar-refractivity contribution in [2.75, 3.05) is 6.61 Å². The number of hydrogen-bond acceptors (Lipinski definition) is 2. The van der Waals surface area contributed by atoms with E-state index in [1.165, 1.54) is 12.1 Å². The molecule has 0 aliphatic carbocycles. The standard InChI is InChI=1S/C11H9F4NO/c1-7-2-3-9(12)4-10(7)17-6-8(5-16)11(13,14)15/h2-4,8H,6H2,1H3. The van der Waals surface area contributed by atoms with Crippen molar-refractivity contribution in [3.8, 4) is 11.8 Å². The Bertz CT molecular complexity index is 436. The van der Waals surface area contributed by atoms with Crippen LogP contribution < -0.4 is 4.74 Å². The van der Waals surface area contributed by atoms with Gasteiger partial charge in [-0.1, -0.05) is 6.07 Å². The number of hydrogen-bond donors (Lipinski definition) is 0. The van der Waals surface area contributed by atoms with Crippen LogP contribution in [0.15, 0.2) is 18.2 Å². The molecule has 1 atom stereocenters. The summed E-state index contributed by atoms with van der Waals surface area (Å²) in [5, 5.41) is 8.34. The summed E-state index contributed by atoms with van der Waals surface area (Å²) in [6.07, 6.45) is -4.64. The topological polar surface area (TPSA) is 33.0 Å². The second-order valence-electron chi connectivity index (χ2n) is 3.44. The fourth-order valence-electron chi connectivity index (χ4n) is 1.11. The molecule has 17 heavy (non-hydrogen) atoms. The van der Waals surface area contributed by atoms with Gasteiger partial charge in [0.15, 0.2) is 5.92 Å². The fraction of sp³-hybridized carbons (Fsp3) is 0.364. The minimum Gasteiger partial charge on any atom is -0.491 e. The molecule has 0 aliphatic heterocycles. The maximum Gasteiger partial charge on any atom is 0.407 e. The highest BCUT2D eigenvalue weighted by Gasteiger charge is 2.40. The third-order valence-electron chi connectivity index (χ3n) is 2.11. The largest absolute Gasteiger partial charge is 0.491 e. The Labute approximate surface area is 95.4 Å². The molecule has 1 unspecified atom stereocenters. The molecular weight excluding hydrogens is 238 g/mol. The second kappa shape index (κ2) is 5.04. The molecule has 0 saturated carbocycles. The van der Waals surface area contributed by atoms with Gasteiger partial charge in [0.1, 0.15) is 18.2 Å². The van der Waals surface area contributed by atoms with Gasteiger partial charge in [0.05, 0.1) is 6.07 Å². The highest BCUT2D eigenvalue weighted by molar-refractivity contribution is 5.32. The minimum absolute atomic E-state index is 0.00880. The Balaban J connectivity index is 2.73. The van der Waals surface area contributed by atoms with Crippen LogP contribution in [0, 0.1) is 30.0 Å². The Morgan fingerprint density at radius 1 is 1.41 bits per heavy atom. The van der Waals surface area contributed by atoms with Crippen LogP contribution in [0.3, 0.4) is 0 Å². The van der Waals surface area contributed by atoms with Gasteiger partial charge >= 0.3 is 6.18 Å². The lowest BCUT2D eigenvalue weighted by molar-refractivity contribution is -0.165. The zero-order valence-corrected chi connectivity index (χ0v) is 8.88. The summed E-state index contributed by atoms with van der Waals surface area (Å²) in [5.74, 6) is -2.81. The number of rotatable bonds is 3. The van der Waals surface area contributed by atoms with Gasteiger partial charge in [-0.2, -0.15) is 18.4 Å². The summed E-state index contributed by atoms with van der Waals surface area (Å²) in [4.78, 5) is 0. The lowest BCUT2D eigenvalue weighted by Crippen LogP contribution is -2.27. The number of halogens is 4. The first-order valence-corrected chi connectivity index (χ1v) is 4.70. The van der Waals surface area contributed by atoms with E-state index in [-0.39, 0.29) is 5.75 Å². The third kappa shape index (κ3) is 3.63. The lowest BCUT2D eigenvalue weighted by atomic mass is 10.2. The molecule has 6 heteroatoms. The predicted octanol–water partition coefficient (Wildman–Crippen LogP) is 3.22. The van der Waals surface area contributed by atoms with Gasteiger partial charge in [-0.05, 0) is 18.6 Å². The smallest absolute Gasteiger partial charge is 0.407 e. The molecule has 0 amide bonds. The van der Waals surface area contributed by atoms with E-state index >= 15 is 0 Å². The molecule has 1 rings (SSSR count). The molecule has 0 radical (unpaired) electrons. The minimum atomic E-state index is -4.64. The molecule has 1 aromatic rings. The van der Waals surface area contributed by atoms with Crippen LogP contribution in [0.25, 0.3) is 0 Å². The second-order valence-corrected chi connectivity index (χ2v) is 3.44. The molecule has 0 heterocycles. The SMILES string of the molecule is Cc1ccc(F)cc1OCC(C#N)C(F)(F)F. The summed E-state index contributed by atoms with van der Waals surface area (Å²) in [6.45, 7) is 0.730. The van der Waals surface area contributed by atoms with Crippen LogP contribution in [-0.4, -0.2) is 12.8 Å². The quantitative estimate of drug-likeness (QED) is 0.768. The van der Waals surface area contributed by atoms with E-state index in [1.807, 2.05) is 0 Å². The van der Waals surface area contributed by atoms with Crippen molar-refractivity contribution in [2.24, 2.45) is 5.92 Å². The van der Waals surface area contributed by atoms with E-state index in [2.05, 4.69) is 0 Å². The Morgan fingerprint density at radius 2 is 2.06 bits per heavy atom.